The van der Waals surface area contributed by atoms with Crippen LogP contribution in [0.3, 0.4) is 0 Å². The van der Waals surface area contributed by atoms with Gasteiger partial charge in [-0.15, -0.1) is 0 Å². The van der Waals surface area contributed by atoms with Gasteiger partial charge in [-0.2, -0.15) is 19.0 Å². The third-order valence-electron chi connectivity index (χ3n) is 2.16. The van der Waals surface area contributed by atoms with Gasteiger partial charge in [-0.3, -0.25) is 0 Å². The number of unbranched alkanes of at least 4 members (excludes halogenated alkanes) is 8. The van der Waals surface area contributed by atoms with Crippen molar-refractivity contribution in [2.75, 3.05) is 26.9 Å². The molecule has 4 heteroatoms. The second-order valence-corrected chi connectivity index (χ2v) is 5.35. The Labute approximate surface area is 148 Å². The van der Waals surface area contributed by atoms with Crippen LogP contribution >= 0.6 is 12.6 Å². The molecule has 0 bridgehead atoms. The van der Waals surface area contributed by atoms with Crippen molar-refractivity contribution in [1.82, 2.24) is 0 Å². The summed E-state index contributed by atoms with van der Waals surface area (Å²) in [5.74, 6) is 1.06. The Hall–Kier alpha value is 1.53. The van der Waals surface area contributed by atoms with Crippen LogP contribution in [0.4, 0.5) is 0 Å². The van der Waals surface area contributed by atoms with Crippen LogP contribution in [0.5, 0.6) is 0 Å². The van der Waals surface area contributed by atoms with E-state index in [2.05, 4.69) is 40.7 Å². The van der Waals surface area contributed by atoms with E-state index in [9.17, 15) is 0 Å². The van der Waals surface area contributed by atoms with E-state index in [0.29, 0.717) is 0 Å². The maximum atomic E-state index is 4.18. The van der Waals surface area contributed by atoms with Crippen LogP contribution in [0.2, 0.25) is 0 Å². The van der Waals surface area contributed by atoms with Crippen molar-refractivity contribution in [3.63, 3.8) is 0 Å². The molecule has 0 saturated carbocycles. The van der Waals surface area contributed by atoms with Gasteiger partial charge in [0, 0.05) is 0 Å². The Morgan fingerprint density at radius 3 is 1.33 bits per heavy atom. The first kappa shape index (κ1) is 27.8. The largest absolute Gasteiger partial charge is 1.00 e. The molecular formula is C14H33AuBrNS. The standard InChI is InChI=1S/C11H23S.C3H9N.Au.BrH/c1-2-3-4-5-6-7-8-9-10-11-12;1-4(2)3;;/h12H,1-11H2;1-3H3;;1H/q-1;;+1;. The summed E-state index contributed by atoms with van der Waals surface area (Å²) in [4.78, 5) is 1.42. The number of hydrogen-bond acceptors (Lipinski definition) is 1. The van der Waals surface area contributed by atoms with Gasteiger partial charge in [0.05, 0.1) is 21.1 Å². The molecule has 0 aromatic carbocycles. The van der Waals surface area contributed by atoms with Crippen LogP contribution in [-0.4, -0.2) is 26.9 Å². The minimum atomic E-state index is 0. The summed E-state index contributed by atoms with van der Waals surface area (Å²) in [5.41, 5.74) is 0. The molecule has 0 aliphatic rings. The number of nitrogens with one attached hydrogen (secondary N) is 1. The Morgan fingerprint density at radius 2 is 1.06 bits per heavy atom. The van der Waals surface area contributed by atoms with Crippen molar-refractivity contribution in [2.45, 2.75) is 57.8 Å². The Morgan fingerprint density at radius 1 is 0.778 bits per heavy atom. The van der Waals surface area contributed by atoms with Crippen LogP contribution < -0.4 is 21.9 Å². The van der Waals surface area contributed by atoms with Gasteiger partial charge in [0.2, 0.25) is 0 Å². The molecule has 0 aliphatic carbocycles. The predicted octanol–water partition coefficient (Wildman–Crippen LogP) is 0.0234. The Bertz CT molecular complexity index is 103. The summed E-state index contributed by atoms with van der Waals surface area (Å²) in [6, 6.07) is 0. The van der Waals surface area contributed by atoms with Crippen molar-refractivity contribution < 1.29 is 44.3 Å². The Balaban J connectivity index is -0.000000143. The van der Waals surface area contributed by atoms with Gasteiger partial charge in [-0.1, -0.05) is 44.9 Å². The molecule has 0 radical (unpaired) electrons. The molecule has 18 heavy (non-hydrogen) atoms. The summed E-state index contributed by atoms with van der Waals surface area (Å²) in [5, 5.41) is 0. The van der Waals surface area contributed by atoms with Crippen LogP contribution in [0.25, 0.3) is 0 Å². The van der Waals surface area contributed by atoms with Crippen molar-refractivity contribution in [3.05, 3.63) is 6.92 Å². The second-order valence-electron chi connectivity index (χ2n) is 4.91. The fraction of sp³-hybridized carbons (Fsp3) is 0.929. The van der Waals surface area contributed by atoms with E-state index < -0.39 is 0 Å². The minimum absolute atomic E-state index is 0. The molecular weight excluding hydrogens is 491 g/mol. The van der Waals surface area contributed by atoms with Crippen LogP contribution in [0, 0.1) is 6.92 Å². The first-order valence-corrected chi connectivity index (χ1v) is 7.45. The number of quaternary nitrogens is 1. The van der Waals surface area contributed by atoms with E-state index in [-0.39, 0.29) is 39.4 Å². The van der Waals surface area contributed by atoms with Crippen LogP contribution in [-0.2, 0) is 22.4 Å². The van der Waals surface area contributed by atoms with Crippen molar-refractivity contribution in [2.24, 2.45) is 0 Å². The maximum absolute atomic E-state index is 4.18. The molecule has 1 nitrogen and oxygen atoms in total. The fourth-order valence-electron chi connectivity index (χ4n) is 1.35. The number of thiol groups is 1. The summed E-state index contributed by atoms with van der Waals surface area (Å²) < 4.78 is 0. The smallest absolute Gasteiger partial charge is 1.00 e. The SMILES string of the molecule is C[NH+](C)C.[Au+].[Br-].[CH2-]CCCCCCCCCCS. The molecule has 0 rings (SSSR count). The molecule has 118 valence electrons. The summed E-state index contributed by atoms with van der Waals surface area (Å²) in [6.07, 6.45) is 12.1. The zero-order chi connectivity index (χ0) is 12.6. The number of halogens is 1. The van der Waals surface area contributed by atoms with Gasteiger partial charge in [-0.05, 0) is 12.2 Å². The molecule has 0 aliphatic heterocycles. The minimum Gasteiger partial charge on any atom is -1.00 e. The number of rotatable bonds is 9. The third kappa shape index (κ3) is 43.2. The van der Waals surface area contributed by atoms with E-state index >= 15 is 0 Å². The summed E-state index contributed by atoms with van der Waals surface area (Å²) in [6.45, 7) is 3.84. The summed E-state index contributed by atoms with van der Waals surface area (Å²) >= 11 is 4.18. The molecule has 0 heterocycles. The van der Waals surface area contributed by atoms with Crippen molar-refractivity contribution in [3.8, 4) is 0 Å². The molecule has 0 saturated heterocycles. The quantitative estimate of drug-likeness (QED) is 0.182. The van der Waals surface area contributed by atoms with E-state index in [4.69, 9.17) is 0 Å². The van der Waals surface area contributed by atoms with E-state index in [0.717, 1.165) is 12.2 Å². The average molecular weight is 524 g/mol. The first-order valence-electron chi connectivity index (χ1n) is 6.82. The molecule has 0 amide bonds. The molecule has 0 aromatic heterocycles. The van der Waals surface area contributed by atoms with Gasteiger partial charge in [-0.25, -0.2) is 0 Å². The van der Waals surface area contributed by atoms with Gasteiger partial charge in [0.25, 0.3) is 0 Å². The molecule has 0 aromatic rings. The topological polar surface area (TPSA) is 4.44 Å². The normalized spacial score (nSPS) is 9.00. The summed E-state index contributed by atoms with van der Waals surface area (Å²) in [7, 11) is 6.25. The molecule has 1 N–H and O–H groups in total. The number of hydrogen-bond donors (Lipinski definition) is 2. The van der Waals surface area contributed by atoms with Gasteiger partial charge >= 0.3 is 22.4 Å². The maximum Gasteiger partial charge on any atom is 1.00 e. The third-order valence-corrected chi connectivity index (χ3v) is 2.47. The first-order chi connectivity index (χ1) is 7.65. The van der Waals surface area contributed by atoms with E-state index in [1.807, 2.05) is 0 Å². The zero-order valence-electron chi connectivity index (χ0n) is 12.4. The zero-order valence-corrected chi connectivity index (χ0v) is 17.1. The van der Waals surface area contributed by atoms with Gasteiger partial charge in [0.1, 0.15) is 0 Å². The van der Waals surface area contributed by atoms with E-state index in [1.165, 1.54) is 56.3 Å². The van der Waals surface area contributed by atoms with Crippen LogP contribution in [0.1, 0.15) is 57.8 Å². The average Bonchev–Trinajstić information content (AvgIpc) is 2.21. The monoisotopic (exact) mass is 523 g/mol. The molecule has 0 atom stereocenters. The molecule has 0 spiro atoms. The fourth-order valence-corrected chi connectivity index (χ4v) is 1.57. The van der Waals surface area contributed by atoms with Crippen molar-refractivity contribution in [1.29, 1.82) is 0 Å². The van der Waals surface area contributed by atoms with Gasteiger partial charge in [0.15, 0.2) is 0 Å². The molecule has 0 fully saturated rings. The Kier molecular flexibility index (Phi) is 41.7. The second kappa shape index (κ2) is 27.0. The van der Waals surface area contributed by atoms with Gasteiger partial charge < -0.3 is 28.8 Å². The van der Waals surface area contributed by atoms with E-state index in [1.54, 1.807) is 0 Å². The van der Waals surface area contributed by atoms with Crippen molar-refractivity contribution >= 4 is 12.6 Å². The van der Waals surface area contributed by atoms with Crippen LogP contribution in [0.15, 0.2) is 0 Å². The predicted molar refractivity (Wildman–Crippen MR) is 79.5 cm³/mol. The molecule has 0 unspecified atom stereocenters.